The van der Waals surface area contributed by atoms with Crippen molar-refractivity contribution >= 4 is 28.5 Å². The Morgan fingerprint density at radius 2 is 1.96 bits per heavy atom. The molecule has 148 valence electrons. The van der Waals surface area contributed by atoms with Gasteiger partial charge in [-0.05, 0) is 24.3 Å². The lowest BCUT2D eigenvalue weighted by molar-refractivity contribution is -0.141. The molecule has 3 rings (SSSR count). The molecule has 2 aromatic carbocycles. The van der Waals surface area contributed by atoms with Gasteiger partial charge < -0.3 is 5.11 Å². The number of carboxylic acid groups (broad SMARTS) is 1. The van der Waals surface area contributed by atoms with E-state index in [0.29, 0.717) is 11.1 Å². The van der Waals surface area contributed by atoms with E-state index in [-0.39, 0.29) is 29.1 Å². The second-order valence-corrected chi connectivity index (χ2v) is 6.95. The zero-order chi connectivity index (χ0) is 20.6. The van der Waals surface area contributed by atoms with E-state index in [1.54, 1.807) is 0 Å². The number of alkyl halides is 3. The smallest absolute Gasteiger partial charge is 0.416 e. The van der Waals surface area contributed by atoms with Gasteiger partial charge in [0, 0.05) is 22.4 Å². The fourth-order valence-electron chi connectivity index (χ4n) is 2.88. The molecule has 0 saturated carbocycles. The predicted molar refractivity (Wildman–Crippen MR) is 95.8 cm³/mol. The summed E-state index contributed by atoms with van der Waals surface area (Å²) in [6.07, 6.45) is -4.52. The van der Waals surface area contributed by atoms with Crippen molar-refractivity contribution in [2.75, 3.05) is 0 Å². The minimum absolute atomic E-state index is 0.0350. The van der Waals surface area contributed by atoms with Crippen molar-refractivity contribution in [2.24, 2.45) is 5.92 Å². The molecule has 0 amide bonds. The second-order valence-electron chi connectivity index (χ2n) is 6.51. The molecule has 28 heavy (non-hydrogen) atoms. The number of carboxylic acids is 1. The number of hydrogen-bond donors (Lipinski definition) is 1. The van der Waals surface area contributed by atoms with Crippen molar-refractivity contribution in [2.45, 2.75) is 26.1 Å². The van der Waals surface area contributed by atoms with E-state index in [4.69, 9.17) is 16.7 Å². The maximum atomic E-state index is 14.1. The molecular weight excluding hydrogens is 400 g/mol. The molecule has 9 heteroatoms. The van der Waals surface area contributed by atoms with Gasteiger partial charge >= 0.3 is 12.1 Å². The number of halogens is 5. The highest BCUT2D eigenvalue weighted by molar-refractivity contribution is 6.30. The average Bonchev–Trinajstić information content (AvgIpc) is 2.93. The van der Waals surface area contributed by atoms with Crippen LogP contribution >= 0.6 is 11.6 Å². The van der Waals surface area contributed by atoms with Gasteiger partial charge in [-0.2, -0.15) is 18.3 Å². The Bertz CT molecular complexity index is 1050. The van der Waals surface area contributed by atoms with Crippen molar-refractivity contribution < 1.29 is 27.5 Å². The first-order chi connectivity index (χ1) is 13.1. The van der Waals surface area contributed by atoms with Gasteiger partial charge in [0.1, 0.15) is 5.82 Å². The van der Waals surface area contributed by atoms with Gasteiger partial charge in [0.2, 0.25) is 0 Å². The standard InChI is InChI=1S/C19H15ClF4N2O2/c1-10(18(27)28)6-16-14-5-3-12(19(22,23)24)7-17(14)26(25-16)9-11-2-4-13(20)8-15(11)21/h2-5,7-8,10H,6,9H2,1H3,(H,27,28). The van der Waals surface area contributed by atoms with Gasteiger partial charge in [0.25, 0.3) is 0 Å². The quantitative estimate of drug-likeness (QED) is 0.587. The SMILES string of the molecule is CC(Cc1nn(Cc2ccc(Cl)cc2F)c2cc(C(F)(F)F)ccc12)C(=O)O. The maximum absolute atomic E-state index is 14.1. The van der Waals surface area contributed by atoms with Crippen LogP contribution in [-0.4, -0.2) is 20.9 Å². The molecule has 1 heterocycles. The summed E-state index contributed by atoms with van der Waals surface area (Å²) < 4.78 is 54.8. The first kappa shape index (κ1) is 20.1. The van der Waals surface area contributed by atoms with Crippen LogP contribution in [0, 0.1) is 11.7 Å². The minimum atomic E-state index is -4.55. The van der Waals surface area contributed by atoms with Crippen LogP contribution in [0.2, 0.25) is 5.02 Å². The normalized spacial score (nSPS) is 13.1. The summed E-state index contributed by atoms with van der Waals surface area (Å²) in [6.45, 7) is 1.36. The molecule has 4 nitrogen and oxygen atoms in total. The third-order valence-electron chi connectivity index (χ3n) is 4.41. The van der Waals surface area contributed by atoms with Crippen LogP contribution in [0.25, 0.3) is 10.9 Å². The Labute approximate surface area is 162 Å². The summed E-state index contributed by atoms with van der Waals surface area (Å²) in [5.74, 6) is -2.43. The summed E-state index contributed by atoms with van der Waals surface area (Å²) in [6, 6.07) is 7.14. The van der Waals surface area contributed by atoms with Crippen molar-refractivity contribution in [3.8, 4) is 0 Å². The van der Waals surface area contributed by atoms with Gasteiger partial charge in [-0.3, -0.25) is 9.48 Å². The number of rotatable bonds is 5. The van der Waals surface area contributed by atoms with Crippen LogP contribution in [-0.2, 0) is 23.9 Å². The third kappa shape index (κ3) is 4.11. The summed E-state index contributed by atoms with van der Waals surface area (Å²) in [5.41, 5.74) is -0.177. The molecule has 0 bridgehead atoms. The van der Waals surface area contributed by atoms with Crippen LogP contribution in [0.5, 0.6) is 0 Å². The Kier molecular flexibility index (Phi) is 5.34. The second kappa shape index (κ2) is 7.43. The molecule has 1 atom stereocenters. The van der Waals surface area contributed by atoms with E-state index < -0.39 is 29.4 Å². The lowest BCUT2D eigenvalue weighted by atomic mass is 10.0. The number of fused-ring (bicyclic) bond motifs is 1. The van der Waals surface area contributed by atoms with Crippen molar-refractivity contribution in [3.05, 3.63) is 64.1 Å². The molecule has 0 aliphatic rings. The molecule has 0 aliphatic heterocycles. The first-order valence-corrected chi connectivity index (χ1v) is 8.67. The first-order valence-electron chi connectivity index (χ1n) is 8.29. The van der Waals surface area contributed by atoms with Crippen LogP contribution in [0.4, 0.5) is 17.6 Å². The van der Waals surface area contributed by atoms with E-state index in [2.05, 4.69) is 5.10 Å². The van der Waals surface area contributed by atoms with E-state index in [1.807, 2.05) is 0 Å². The zero-order valence-corrected chi connectivity index (χ0v) is 15.4. The van der Waals surface area contributed by atoms with Crippen molar-refractivity contribution in [1.29, 1.82) is 0 Å². The van der Waals surface area contributed by atoms with Gasteiger partial charge in [-0.25, -0.2) is 4.39 Å². The Hall–Kier alpha value is -2.61. The largest absolute Gasteiger partial charge is 0.481 e. The highest BCUT2D eigenvalue weighted by Crippen LogP contribution is 2.33. The van der Waals surface area contributed by atoms with E-state index in [9.17, 15) is 22.4 Å². The molecule has 0 aliphatic carbocycles. The van der Waals surface area contributed by atoms with Gasteiger partial charge in [-0.15, -0.1) is 0 Å². The lowest BCUT2D eigenvalue weighted by Gasteiger charge is -2.09. The molecule has 1 N–H and O–H groups in total. The van der Waals surface area contributed by atoms with Crippen molar-refractivity contribution in [3.63, 3.8) is 0 Å². The Balaban J connectivity index is 2.11. The number of aliphatic carboxylic acids is 1. The number of benzene rings is 2. The minimum Gasteiger partial charge on any atom is -0.481 e. The summed E-state index contributed by atoms with van der Waals surface area (Å²) >= 11 is 5.73. The third-order valence-corrected chi connectivity index (χ3v) is 4.65. The average molecular weight is 415 g/mol. The summed E-state index contributed by atoms with van der Waals surface area (Å²) in [7, 11) is 0. The number of nitrogens with zero attached hydrogens (tertiary/aromatic N) is 2. The summed E-state index contributed by atoms with van der Waals surface area (Å²) in [5, 5.41) is 14.0. The zero-order valence-electron chi connectivity index (χ0n) is 14.6. The van der Waals surface area contributed by atoms with Crippen LogP contribution < -0.4 is 0 Å². The number of hydrogen-bond acceptors (Lipinski definition) is 2. The molecule has 0 fully saturated rings. The fourth-order valence-corrected chi connectivity index (χ4v) is 3.04. The lowest BCUT2D eigenvalue weighted by Crippen LogP contribution is -2.13. The van der Waals surface area contributed by atoms with E-state index >= 15 is 0 Å². The van der Waals surface area contributed by atoms with Crippen LogP contribution in [0.15, 0.2) is 36.4 Å². The Morgan fingerprint density at radius 1 is 1.25 bits per heavy atom. The van der Waals surface area contributed by atoms with E-state index in [0.717, 1.165) is 18.2 Å². The molecule has 0 saturated heterocycles. The van der Waals surface area contributed by atoms with Gasteiger partial charge in [0.15, 0.2) is 0 Å². The van der Waals surface area contributed by atoms with E-state index in [1.165, 1.54) is 29.8 Å². The van der Waals surface area contributed by atoms with Crippen molar-refractivity contribution in [1.82, 2.24) is 9.78 Å². The molecule has 3 aromatic rings. The predicted octanol–water partition coefficient (Wildman–Crippen LogP) is 5.16. The highest BCUT2D eigenvalue weighted by Gasteiger charge is 2.31. The Morgan fingerprint density at radius 3 is 2.57 bits per heavy atom. The summed E-state index contributed by atoms with van der Waals surface area (Å²) in [4.78, 5) is 11.2. The molecule has 1 aromatic heterocycles. The highest BCUT2D eigenvalue weighted by atomic mass is 35.5. The molecule has 1 unspecified atom stereocenters. The molecular formula is C19H15ClF4N2O2. The maximum Gasteiger partial charge on any atom is 0.416 e. The number of aromatic nitrogens is 2. The van der Waals surface area contributed by atoms with Gasteiger partial charge in [0.05, 0.1) is 29.2 Å². The monoisotopic (exact) mass is 414 g/mol. The van der Waals surface area contributed by atoms with Crippen LogP contribution in [0.3, 0.4) is 0 Å². The fraction of sp³-hybridized carbons (Fsp3) is 0.263. The molecule has 0 spiro atoms. The molecule has 0 radical (unpaired) electrons. The topological polar surface area (TPSA) is 55.1 Å². The van der Waals surface area contributed by atoms with Crippen LogP contribution in [0.1, 0.15) is 23.7 Å². The number of carbonyl (C=O) groups is 1. The van der Waals surface area contributed by atoms with Gasteiger partial charge in [-0.1, -0.05) is 30.7 Å².